The average molecular weight is 309 g/mol. The summed E-state index contributed by atoms with van der Waals surface area (Å²) in [4.78, 5) is 29.3. The van der Waals surface area contributed by atoms with Gasteiger partial charge in [-0.1, -0.05) is 54.2 Å². The second-order valence-corrected chi connectivity index (χ2v) is 6.01. The molecule has 108 valence electrons. The molecule has 2 heterocycles. The average Bonchev–Trinajstić information content (AvgIpc) is 2.56. The van der Waals surface area contributed by atoms with Gasteiger partial charge in [0.2, 0.25) is 0 Å². The number of nitrogens with one attached hydrogen (secondary N) is 1. The molecule has 4 rings (SSSR count). The highest BCUT2D eigenvalue weighted by Crippen LogP contribution is 2.36. The molecule has 1 unspecified atom stereocenters. The second kappa shape index (κ2) is 4.99. The van der Waals surface area contributed by atoms with Crippen molar-refractivity contribution in [2.24, 2.45) is 0 Å². The largest absolute Gasteiger partial charge is 0.281 e. The lowest BCUT2D eigenvalue weighted by Gasteiger charge is -2.24. The molecule has 1 aliphatic rings. The van der Waals surface area contributed by atoms with Gasteiger partial charge in [-0.3, -0.25) is 15.0 Å². The zero-order valence-corrected chi connectivity index (χ0v) is 12.2. The summed E-state index contributed by atoms with van der Waals surface area (Å²) < 4.78 is 1.23. The topological polar surface area (TPSA) is 64.0 Å². The summed E-state index contributed by atoms with van der Waals surface area (Å²) in [6.07, 6.45) is 0. The third-order valence-corrected chi connectivity index (χ3v) is 4.74. The molecule has 0 fully saturated rings. The molecular formula is C16H11N3O2S. The van der Waals surface area contributed by atoms with Crippen LogP contribution in [0.4, 0.5) is 0 Å². The van der Waals surface area contributed by atoms with E-state index >= 15 is 0 Å². The smallest absolute Gasteiger partial charge is 0.272 e. The van der Waals surface area contributed by atoms with E-state index in [2.05, 4.69) is 10.4 Å². The first-order chi connectivity index (χ1) is 10.7. The van der Waals surface area contributed by atoms with Crippen LogP contribution in [-0.2, 0) is 4.79 Å². The molecule has 3 aromatic rings. The molecule has 0 spiro atoms. The Morgan fingerprint density at radius 2 is 1.73 bits per heavy atom. The van der Waals surface area contributed by atoms with Gasteiger partial charge in [-0.05, 0) is 17.7 Å². The maximum Gasteiger partial charge on any atom is 0.281 e. The van der Waals surface area contributed by atoms with E-state index in [1.807, 2.05) is 36.4 Å². The first-order valence-electron chi connectivity index (χ1n) is 6.78. The van der Waals surface area contributed by atoms with E-state index in [0.717, 1.165) is 5.56 Å². The van der Waals surface area contributed by atoms with Gasteiger partial charge in [0.15, 0.2) is 5.16 Å². The Bertz CT molecular complexity index is 937. The molecular weight excluding hydrogens is 298 g/mol. The predicted octanol–water partition coefficient (Wildman–Crippen LogP) is 2.31. The van der Waals surface area contributed by atoms with E-state index in [1.165, 1.54) is 16.4 Å². The standard InChI is InChI=1S/C16H11N3O2S/c20-14-13(10-6-2-1-3-7-10)22-16-17-12-9-5-4-8-11(12)15(21)19(16)18-14/h1-9,13H,(H,18,20). The van der Waals surface area contributed by atoms with Crippen molar-refractivity contribution < 1.29 is 4.79 Å². The minimum Gasteiger partial charge on any atom is -0.272 e. The Labute approximate surface area is 130 Å². The minimum atomic E-state index is -0.408. The predicted molar refractivity (Wildman–Crippen MR) is 85.4 cm³/mol. The lowest BCUT2D eigenvalue weighted by molar-refractivity contribution is -0.117. The monoisotopic (exact) mass is 309 g/mol. The molecule has 1 N–H and O–H groups in total. The molecule has 5 nitrogen and oxygen atoms in total. The molecule has 0 saturated heterocycles. The van der Waals surface area contributed by atoms with E-state index in [0.29, 0.717) is 16.1 Å². The first kappa shape index (κ1) is 13.1. The van der Waals surface area contributed by atoms with Crippen molar-refractivity contribution >= 4 is 28.6 Å². The third kappa shape index (κ3) is 2.00. The van der Waals surface area contributed by atoms with Crippen molar-refractivity contribution in [1.82, 2.24) is 9.66 Å². The number of fused-ring (bicyclic) bond motifs is 2. The summed E-state index contributed by atoms with van der Waals surface area (Å²) >= 11 is 1.29. The van der Waals surface area contributed by atoms with Crippen LogP contribution in [0.15, 0.2) is 64.5 Å². The van der Waals surface area contributed by atoms with Crippen LogP contribution in [-0.4, -0.2) is 15.6 Å². The number of carbonyl (C=O) groups excluding carboxylic acids is 1. The van der Waals surface area contributed by atoms with Crippen LogP contribution in [0.25, 0.3) is 10.9 Å². The Kier molecular flexibility index (Phi) is 2.97. The summed E-state index contributed by atoms with van der Waals surface area (Å²) in [5, 5.41) is 0.580. The van der Waals surface area contributed by atoms with Gasteiger partial charge in [0.25, 0.3) is 11.5 Å². The van der Waals surface area contributed by atoms with Crippen LogP contribution in [0.2, 0.25) is 0 Å². The Hall–Kier alpha value is -2.60. The van der Waals surface area contributed by atoms with E-state index < -0.39 is 5.25 Å². The molecule has 22 heavy (non-hydrogen) atoms. The Morgan fingerprint density at radius 3 is 2.55 bits per heavy atom. The summed E-state index contributed by atoms with van der Waals surface area (Å²) in [5.41, 5.74) is 3.92. The molecule has 1 aliphatic heterocycles. The second-order valence-electron chi connectivity index (χ2n) is 4.94. The number of amides is 1. The van der Waals surface area contributed by atoms with E-state index in [1.54, 1.807) is 18.2 Å². The van der Waals surface area contributed by atoms with Crippen LogP contribution < -0.4 is 11.0 Å². The van der Waals surface area contributed by atoms with Crippen molar-refractivity contribution in [3.05, 3.63) is 70.5 Å². The van der Waals surface area contributed by atoms with Crippen molar-refractivity contribution in [2.45, 2.75) is 10.4 Å². The van der Waals surface area contributed by atoms with Gasteiger partial charge in [0.1, 0.15) is 5.25 Å². The highest BCUT2D eigenvalue weighted by atomic mass is 32.2. The molecule has 1 aromatic heterocycles. The van der Waals surface area contributed by atoms with Crippen LogP contribution in [0, 0.1) is 0 Å². The molecule has 0 saturated carbocycles. The lowest BCUT2D eigenvalue weighted by Crippen LogP contribution is -2.40. The number of thioether (sulfide) groups is 1. The van der Waals surface area contributed by atoms with Crippen molar-refractivity contribution in [1.29, 1.82) is 0 Å². The fraction of sp³-hybridized carbons (Fsp3) is 0.0625. The van der Waals surface area contributed by atoms with Gasteiger partial charge in [-0.15, -0.1) is 0 Å². The zero-order chi connectivity index (χ0) is 15.1. The highest BCUT2D eigenvalue weighted by molar-refractivity contribution is 8.00. The molecule has 0 radical (unpaired) electrons. The van der Waals surface area contributed by atoms with E-state index in [-0.39, 0.29) is 11.5 Å². The number of nitrogens with zero attached hydrogens (tertiary/aromatic N) is 2. The molecule has 1 atom stereocenters. The van der Waals surface area contributed by atoms with Crippen LogP contribution in [0.5, 0.6) is 0 Å². The zero-order valence-electron chi connectivity index (χ0n) is 11.4. The van der Waals surface area contributed by atoms with E-state index in [9.17, 15) is 9.59 Å². The number of hydrogen-bond donors (Lipinski definition) is 1. The third-order valence-electron chi connectivity index (χ3n) is 3.53. The molecule has 0 aliphatic carbocycles. The summed E-state index contributed by atoms with van der Waals surface area (Å²) in [5.74, 6) is -0.220. The van der Waals surface area contributed by atoms with Gasteiger partial charge < -0.3 is 0 Å². The Morgan fingerprint density at radius 1 is 1.00 bits per heavy atom. The fourth-order valence-electron chi connectivity index (χ4n) is 2.46. The lowest BCUT2D eigenvalue weighted by atomic mass is 10.1. The first-order valence-corrected chi connectivity index (χ1v) is 7.66. The van der Waals surface area contributed by atoms with Gasteiger partial charge in [0.05, 0.1) is 10.9 Å². The van der Waals surface area contributed by atoms with Crippen molar-refractivity contribution in [3.8, 4) is 0 Å². The summed E-state index contributed by atoms with van der Waals surface area (Å²) in [7, 11) is 0. The van der Waals surface area contributed by atoms with Crippen LogP contribution >= 0.6 is 11.8 Å². The molecule has 1 amide bonds. The maximum atomic E-state index is 12.5. The molecule has 0 bridgehead atoms. The number of carbonyl (C=O) groups is 1. The van der Waals surface area contributed by atoms with Crippen LogP contribution in [0.3, 0.4) is 0 Å². The van der Waals surface area contributed by atoms with Gasteiger partial charge in [-0.2, -0.15) is 4.68 Å². The summed E-state index contributed by atoms with van der Waals surface area (Å²) in [6, 6.07) is 16.6. The van der Waals surface area contributed by atoms with Crippen LogP contribution in [0.1, 0.15) is 10.8 Å². The molecule has 6 heteroatoms. The SMILES string of the molecule is O=C1Nn2c(nc3ccccc3c2=O)SC1c1ccccc1. The Balaban J connectivity index is 1.87. The maximum absolute atomic E-state index is 12.5. The number of para-hydroxylation sites is 1. The normalized spacial score (nSPS) is 17.1. The highest BCUT2D eigenvalue weighted by Gasteiger charge is 2.30. The van der Waals surface area contributed by atoms with E-state index in [4.69, 9.17) is 0 Å². The minimum absolute atomic E-state index is 0.220. The van der Waals surface area contributed by atoms with Gasteiger partial charge >= 0.3 is 0 Å². The number of hydrogen-bond acceptors (Lipinski definition) is 4. The number of benzene rings is 2. The number of aromatic nitrogens is 2. The number of rotatable bonds is 1. The quantitative estimate of drug-likeness (QED) is 0.701. The fourth-order valence-corrected chi connectivity index (χ4v) is 3.51. The van der Waals surface area contributed by atoms with Crippen molar-refractivity contribution in [2.75, 3.05) is 5.43 Å². The molecule has 2 aromatic carbocycles. The van der Waals surface area contributed by atoms with Gasteiger partial charge in [-0.25, -0.2) is 4.98 Å². The van der Waals surface area contributed by atoms with Crippen molar-refractivity contribution in [3.63, 3.8) is 0 Å². The van der Waals surface area contributed by atoms with Gasteiger partial charge in [0, 0.05) is 0 Å². The summed E-state index contributed by atoms with van der Waals surface area (Å²) in [6.45, 7) is 0.